The van der Waals surface area contributed by atoms with Gasteiger partial charge in [-0.2, -0.15) is 0 Å². The van der Waals surface area contributed by atoms with Crippen LogP contribution in [0.3, 0.4) is 0 Å². The Kier molecular flexibility index (Phi) is 3.58. The quantitative estimate of drug-likeness (QED) is 0.649. The van der Waals surface area contributed by atoms with E-state index in [1.165, 1.54) is 12.8 Å². The summed E-state index contributed by atoms with van der Waals surface area (Å²) < 4.78 is 0. The van der Waals surface area contributed by atoms with Gasteiger partial charge in [0.2, 0.25) is 0 Å². The lowest BCUT2D eigenvalue weighted by molar-refractivity contribution is 0.270. The molecule has 3 rings (SSSR count). The Labute approximate surface area is 118 Å². The Morgan fingerprint density at radius 1 is 1.50 bits per heavy atom. The van der Waals surface area contributed by atoms with Crippen molar-refractivity contribution in [3.63, 3.8) is 0 Å². The molecule has 5 nitrogen and oxygen atoms in total. The van der Waals surface area contributed by atoms with Gasteiger partial charge in [0, 0.05) is 24.7 Å². The van der Waals surface area contributed by atoms with Crippen LogP contribution in [-0.4, -0.2) is 33.9 Å². The van der Waals surface area contributed by atoms with Crippen LogP contribution in [-0.2, 0) is 6.54 Å². The standard InChI is InChI=1S/C15H21N5/c1-11-3-2-8-20(10-11)15(16)18-9-13-5-4-12-6-7-17-14(12)19-13/h4-7,11H,2-3,8-10H2,1H3,(H2,16,18)(H,17,19). The van der Waals surface area contributed by atoms with Gasteiger partial charge in [0.1, 0.15) is 5.65 Å². The Bertz CT molecular complexity index is 616. The zero-order valence-corrected chi connectivity index (χ0v) is 11.8. The number of hydrogen-bond donors (Lipinski definition) is 2. The molecule has 0 aromatic carbocycles. The highest BCUT2D eigenvalue weighted by Gasteiger charge is 2.17. The molecule has 0 aliphatic carbocycles. The molecule has 2 aromatic heterocycles. The second-order valence-corrected chi connectivity index (χ2v) is 5.59. The van der Waals surface area contributed by atoms with E-state index in [0.717, 1.165) is 29.8 Å². The zero-order valence-electron chi connectivity index (χ0n) is 11.8. The number of likely N-dealkylation sites (tertiary alicyclic amines) is 1. The van der Waals surface area contributed by atoms with Crippen molar-refractivity contribution in [2.75, 3.05) is 13.1 Å². The molecule has 1 aliphatic heterocycles. The topological polar surface area (TPSA) is 70.3 Å². The number of nitrogens with zero attached hydrogens (tertiary/aromatic N) is 3. The number of fused-ring (bicyclic) bond motifs is 1. The van der Waals surface area contributed by atoms with E-state index in [1.807, 2.05) is 18.3 Å². The molecule has 3 heterocycles. The summed E-state index contributed by atoms with van der Waals surface area (Å²) in [6, 6.07) is 6.08. The summed E-state index contributed by atoms with van der Waals surface area (Å²) in [5.74, 6) is 1.34. The molecule has 1 unspecified atom stereocenters. The van der Waals surface area contributed by atoms with E-state index in [0.29, 0.717) is 18.4 Å². The summed E-state index contributed by atoms with van der Waals surface area (Å²) in [6.45, 7) is 4.83. The van der Waals surface area contributed by atoms with E-state index in [1.54, 1.807) is 0 Å². The number of hydrogen-bond acceptors (Lipinski definition) is 2. The molecule has 1 fully saturated rings. The molecule has 0 radical (unpaired) electrons. The number of nitrogens with one attached hydrogen (secondary N) is 1. The maximum absolute atomic E-state index is 6.09. The Hall–Kier alpha value is -2.04. The van der Waals surface area contributed by atoms with Crippen LogP contribution in [0.1, 0.15) is 25.5 Å². The van der Waals surface area contributed by atoms with Crippen molar-refractivity contribution in [1.82, 2.24) is 14.9 Å². The van der Waals surface area contributed by atoms with E-state index in [-0.39, 0.29) is 0 Å². The van der Waals surface area contributed by atoms with Gasteiger partial charge < -0.3 is 15.6 Å². The minimum atomic E-state index is 0.533. The van der Waals surface area contributed by atoms with Crippen LogP contribution >= 0.6 is 0 Å². The number of rotatable bonds is 2. The van der Waals surface area contributed by atoms with Crippen molar-refractivity contribution in [3.8, 4) is 0 Å². The molecule has 0 saturated carbocycles. The van der Waals surface area contributed by atoms with Gasteiger partial charge >= 0.3 is 0 Å². The number of aromatic nitrogens is 2. The lowest BCUT2D eigenvalue weighted by atomic mass is 10.0. The van der Waals surface area contributed by atoms with E-state index < -0.39 is 0 Å². The maximum atomic E-state index is 6.09. The molecule has 2 aromatic rings. The second kappa shape index (κ2) is 5.53. The number of guanidine groups is 1. The summed E-state index contributed by atoms with van der Waals surface area (Å²) in [4.78, 5) is 14.3. The molecule has 5 heteroatoms. The first-order valence-corrected chi connectivity index (χ1v) is 7.20. The third-order valence-corrected chi connectivity index (χ3v) is 3.85. The number of pyridine rings is 1. The lowest BCUT2D eigenvalue weighted by Gasteiger charge is -2.31. The number of piperidine rings is 1. The Morgan fingerprint density at radius 2 is 2.40 bits per heavy atom. The van der Waals surface area contributed by atoms with E-state index >= 15 is 0 Å². The van der Waals surface area contributed by atoms with Crippen molar-refractivity contribution >= 4 is 17.0 Å². The Balaban J connectivity index is 1.68. The SMILES string of the molecule is CC1CCCN(C(N)=NCc2ccc3cc[nH]c3n2)C1. The summed E-state index contributed by atoms with van der Waals surface area (Å²) in [6.07, 6.45) is 4.38. The number of aromatic amines is 1. The van der Waals surface area contributed by atoms with Crippen LogP contribution in [0.2, 0.25) is 0 Å². The minimum absolute atomic E-state index is 0.533. The van der Waals surface area contributed by atoms with Gasteiger partial charge in [0.25, 0.3) is 0 Å². The maximum Gasteiger partial charge on any atom is 0.191 e. The normalized spacial score (nSPS) is 20.6. The van der Waals surface area contributed by atoms with Gasteiger partial charge in [0.05, 0.1) is 12.2 Å². The predicted molar refractivity (Wildman–Crippen MR) is 81.4 cm³/mol. The molecular weight excluding hydrogens is 250 g/mol. The van der Waals surface area contributed by atoms with Crippen molar-refractivity contribution in [2.24, 2.45) is 16.6 Å². The van der Waals surface area contributed by atoms with Crippen molar-refractivity contribution in [2.45, 2.75) is 26.3 Å². The highest BCUT2D eigenvalue weighted by atomic mass is 15.3. The van der Waals surface area contributed by atoms with Crippen LogP contribution < -0.4 is 5.73 Å². The molecule has 20 heavy (non-hydrogen) atoms. The van der Waals surface area contributed by atoms with Crippen LogP contribution in [0.5, 0.6) is 0 Å². The van der Waals surface area contributed by atoms with Crippen LogP contribution in [0.4, 0.5) is 0 Å². The minimum Gasteiger partial charge on any atom is -0.370 e. The average Bonchev–Trinajstić information content (AvgIpc) is 2.92. The van der Waals surface area contributed by atoms with Crippen molar-refractivity contribution < 1.29 is 0 Å². The number of H-pyrrole nitrogens is 1. The first kappa shape index (κ1) is 13.0. The molecule has 1 atom stereocenters. The van der Waals surface area contributed by atoms with Crippen molar-refractivity contribution in [1.29, 1.82) is 0 Å². The van der Waals surface area contributed by atoms with Crippen LogP contribution in [0.25, 0.3) is 11.0 Å². The van der Waals surface area contributed by atoms with Gasteiger partial charge in [-0.05, 0) is 37.0 Å². The van der Waals surface area contributed by atoms with Crippen LogP contribution in [0.15, 0.2) is 29.4 Å². The van der Waals surface area contributed by atoms with E-state index in [4.69, 9.17) is 5.73 Å². The Morgan fingerprint density at radius 3 is 3.25 bits per heavy atom. The molecule has 106 valence electrons. The first-order valence-electron chi connectivity index (χ1n) is 7.20. The molecule has 3 N–H and O–H groups in total. The van der Waals surface area contributed by atoms with Gasteiger partial charge in [-0.25, -0.2) is 9.98 Å². The molecule has 0 bridgehead atoms. The fraction of sp³-hybridized carbons (Fsp3) is 0.467. The van der Waals surface area contributed by atoms with Crippen LogP contribution in [0, 0.1) is 5.92 Å². The fourth-order valence-corrected chi connectivity index (χ4v) is 2.72. The third-order valence-electron chi connectivity index (χ3n) is 3.85. The second-order valence-electron chi connectivity index (χ2n) is 5.59. The largest absolute Gasteiger partial charge is 0.370 e. The zero-order chi connectivity index (χ0) is 13.9. The van der Waals surface area contributed by atoms with Gasteiger partial charge in [-0.1, -0.05) is 6.92 Å². The van der Waals surface area contributed by atoms with Crippen molar-refractivity contribution in [3.05, 3.63) is 30.1 Å². The van der Waals surface area contributed by atoms with Gasteiger partial charge in [0.15, 0.2) is 5.96 Å². The van der Waals surface area contributed by atoms with E-state index in [2.05, 4.69) is 32.9 Å². The smallest absolute Gasteiger partial charge is 0.191 e. The molecule has 1 aliphatic rings. The third kappa shape index (κ3) is 2.76. The molecular formula is C15H21N5. The van der Waals surface area contributed by atoms with E-state index in [9.17, 15) is 0 Å². The first-order chi connectivity index (χ1) is 9.72. The summed E-state index contributed by atoms with van der Waals surface area (Å²) in [7, 11) is 0. The molecule has 1 saturated heterocycles. The molecule has 0 spiro atoms. The number of aliphatic imine (C=N–C) groups is 1. The molecule has 0 amide bonds. The monoisotopic (exact) mass is 271 g/mol. The average molecular weight is 271 g/mol. The fourth-order valence-electron chi connectivity index (χ4n) is 2.72. The predicted octanol–water partition coefficient (Wildman–Crippen LogP) is 2.11. The summed E-state index contributed by atoms with van der Waals surface area (Å²) >= 11 is 0. The highest BCUT2D eigenvalue weighted by molar-refractivity contribution is 5.78. The summed E-state index contributed by atoms with van der Waals surface area (Å²) in [5, 5.41) is 1.12. The summed E-state index contributed by atoms with van der Waals surface area (Å²) in [5.41, 5.74) is 7.93. The highest BCUT2D eigenvalue weighted by Crippen LogP contribution is 2.15. The lowest BCUT2D eigenvalue weighted by Crippen LogP contribution is -2.43. The number of nitrogens with two attached hydrogens (primary N) is 1. The van der Waals surface area contributed by atoms with Gasteiger partial charge in [-0.3, -0.25) is 0 Å². The van der Waals surface area contributed by atoms with Gasteiger partial charge in [-0.15, -0.1) is 0 Å².